The highest BCUT2D eigenvalue weighted by atomic mass is 32.2. The predicted octanol–water partition coefficient (Wildman–Crippen LogP) is 2.03. The van der Waals surface area contributed by atoms with Crippen LogP contribution in [0.1, 0.15) is 17.9 Å². The molecule has 0 aliphatic carbocycles. The molecule has 1 aromatic heterocycles. The SMILES string of the molecule is O=c1[nH]c2ccc(S(=O)(=O)N3CCC(c4ccccc4)C3)cc2[nH]1. The van der Waals surface area contributed by atoms with Gasteiger partial charge in [-0.2, -0.15) is 4.31 Å². The van der Waals surface area contributed by atoms with Gasteiger partial charge < -0.3 is 9.97 Å². The third kappa shape index (κ3) is 2.55. The van der Waals surface area contributed by atoms with Gasteiger partial charge in [-0.25, -0.2) is 13.2 Å². The Balaban J connectivity index is 1.63. The molecule has 2 heterocycles. The smallest absolute Gasteiger partial charge is 0.306 e. The van der Waals surface area contributed by atoms with Crippen LogP contribution in [0.3, 0.4) is 0 Å². The molecule has 24 heavy (non-hydrogen) atoms. The number of imidazole rings is 1. The summed E-state index contributed by atoms with van der Waals surface area (Å²) in [6.45, 7) is 0.984. The van der Waals surface area contributed by atoms with Gasteiger partial charge in [-0.1, -0.05) is 30.3 Å². The van der Waals surface area contributed by atoms with Crippen molar-refractivity contribution in [3.63, 3.8) is 0 Å². The van der Waals surface area contributed by atoms with Crippen LogP contribution < -0.4 is 5.69 Å². The summed E-state index contributed by atoms with van der Waals surface area (Å²) in [6.07, 6.45) is 0.812. The molecule has 4 rings (SSSR count). The van der Waals surface area contributed by atoms with Gasteiger partial charge in [-0.3, -0.25) is 0 Å². The van der Waals surface area contributed by atoms with E-state index in [0.29, 0.717) is 24.1 Å². The molecule has 6 nitrogen and oxygen atoms in total. The third-order valence-electron chi connectivity index (χ3n) is 4.55. The van der Waals surface area contributed by atoms with Crippen LogP contribution in [0.15, 0.2) is 58.2 Å². The summed E-state index contributed by atoms with van der Waals surface area (Å²) in [5.41, 5.74) is 1.92. The fourth-order valence-electron chi connectivity index (χ4n) is 3.26. The average Bonchev–Trinajstić information content (AvgIpc) is 3.21. The minimum atomic E-state index is -3.56. The Morgan fingerprint density at radius 1 is 1.00 bits per heavy atom. The monoisotopic (exact) mass is 343 g/mol. The van der Waals surface area contributed by atoms with Crippen LogP contribution in [0.4, 0.5) is 0 Å². The molecule has 3 aromatic rings. The fourth-order valence-corrected chi connectivity index (χ4v) is 4.79. The Labute approximate surface area is 139 Å². The second-order valence-corrected chi connectivity index (χ2v) is 7.98. The van der Waals surface area contributed by atoms with Gasteiger partial charge in [0.25, 0.3) is 0 Å². The molecule has 1 unspecified atom stereocenters. The molecule has 0 bridgehead atoms. The van der Waals surface area contributed by atoms with Crippen molar-refractivity contribution < 1.29 is 8.42 Å². The Kier molecular flexibility index (Phi) is 3.54. The highest BCUT2D eigenvalue weighted by Gasteiger charge is 2.33. The molecule has 0 amide bonds. The van der Waals surface area contributed by atoms with Crippen molar-refractivity contribution in [1.29, 1.82) is 0 Å². The molecule has 124 valence electrons. The molecule has 1 atom stereocenters. The lowest BCUT2D eigenvalue weighted by molar-refractivity contribution is 0.473. The second-order valence-electron chi connectivity index (χ2n) is 6.05. The normalized spacial score (nSPS) is 19.1. The van der Waals surface area contributed by atoms with Gasteiger partial charge >= 0.3 is 5.69 Å². The highest BCUT2D eigenvalue weighted by Crippen LogP contribution is 2.31. The zero-order valence-electron chi connectivity index (χ0n) is 12.9. The van der Waals surface area contributed by atoms with E-state index < -0.39 is 10.0 Å². The number of nitrogens with one attached hydrogen (secondary N) is 2. The highest BCUT2D eigenvalue weighted by molar-refractivity contribution is 7.89. The van der Waals surface area contributed by atoms with Gasteiger partial charge in [-0.15, -0.1) is 0 Å². The van der Waals surface area contributed by atoms with Gasteiger partial charge in [0.1, 0.15) is 0 Å². The maximum Gasteiger partial charge on any atom is 0.323 e. The van der Waals surface area contributed by atoms with Crippen LogP contribution in [0.2, 0.25) is 0 Å². The largest absolute Gasteiger partial charge is 0.323 e. The van der Waals surface area contributed by atoms with Crippen LogP contribution >= 0.6 is 0 Å². The Morgan fingerprint density at radius 2 is 1.75 bits per heavy atom. The summed E-state index contributed by atoms with van der Waals surface area (Å²) < 4.78 is 27.3. The summed E-state index contributed by atoms with van der Waals surface area (Å²) in [6, 6.07) is 14.7. The number of aromatic amines is 2. The van der Waals surface area contributed by atoms with E-state index in [0.717, 1.165) is 6.42 Å². The topological polar surface area (TPSA) is 86.0 Å². The lowest BCUT2D eigenvalue weighted by Gasteiger charge is -2.17. The van der Waals surface area contributed by atoms with Crippen LogP contribution in [0, 0.1) is 0 Å². The molecular weight excluding hydrogens is 326 g/mol. The summed E-state index contributed by atoms with van der Waals surface area (Å²) in [5.74, 6) is 0.219. The van der Waals surface area contributed by atoms with E-state index in [1.807, 2.05) is 30.3 Å². The molecule has 2 aromatic carbocycles. The Morgan fingerprint density at radius 3 is 2.54 bits per heavy atom. The van der Waals surface area contributed by atoms with Gasteiger partial charge in [-0.05, 0) is 36.1 Å². The summed E-state index contributed by atoms with van der Waals surface area (Å²) in [4.78, 5) is 16.8. The first kappa shape index (κ1) is 15.2. The maximum atomic E-state index is 12.9. The molecule has 2 N–H and O–H groups in total. The van der Waals surface area contributed by atoms with Crippen LogP contribution in [-0.2, 0) is 10.0 Å². The van der Waals surface area contributed by atoms with Crippen molar-refractivity contribution in [2.24, 2.45) is 0 Å². The number of hydrogen-bond acceptors (Lipinski definition) is 3. The molecule has 7 heteroatoms. The van der Waals surface area contributed by atoms with E-state index in [-0.39, 0.29) is 16.5 Å². The first-order valence-electron chi connectivity index (χ1n) is 7.81. The van der Waals surface area contributed by atoms with Crippen LogP contribution in [-0.4, -0.2) is 35.8 Å². The molecule has 0 saturated carbocycles. The number of nitrogens with zero attached hydrogens (tertiary/aromatic N) is 1. The molecular formula is C17H17N3O3S. The number of rotatable bonds is 3. The number of H-pyrrole nitrogens is 2. The Bertz CT molecular complexity index is 1040. The molecule has 1 aliphatic heterocycles. The standard InChI is InChI=1S/C17H17N3O3S/c21-17-18-15-7-6-14(10-16(15)19-17)24(22,23)20-9-8-13(11-20)12-4-2-1-3-5-12/h1-7,10,13H,8-9,11H2,(H2,18,19,21). The molecule has 1 aliphatic rings. The number of benzene rings is 2. The lowest BCUT2D eigenvalue weighted by Crippen LogP contribution is -2.28. The minimum Gasteiger partial charge on any atom is -0.306 e. The van der Waals surface area contributed by atoms with E-state index in [1.54, 1.807) is 6.07 Å². The number of sulfonamides is 1. The van der Waals surface area contributed by atoms with Gasteiger partial charge in [0, 0.05) is 13.1 Å². The maximum absolute atomic E-state index is 12.9. The van der Waals surface area contributed by atoms with Gasteiger partial charge in [0.05, 0.1) is 15.9 Å². The van der Waals surface area contributed by atoms with E-state index in [1.165, 1.54) is 22.0 Å². The average molecular weight is 343 g/mol. The van der Waals surface area contributed by atoms with Crippen molar-refractivity contribution in [1.82, 2.24) is 14.3 Å². The van der Waals surface area contributed by atoms with E-state index in [2.05, 4.69) is 9.97 Å². The number of hydrogen-bond donors (Lipinski definition) is 2. The minimum absolute atomic E-state index is 0.207. The molecule has 1 saturated heterocycles. The molecule has 0 radical (unpaired) electrons. The quantitative estimate of drug-likeness (QED) is 0.763. The molecule has 1 fully saturated rings. The van der Waals surface area contributed by atoms with E-state index in [4.69, 9.17) is 0 Å². The zero-order chi connectivity index (χ0) is 16.7. The lowest BCUT2D eigenvalue weighted by atomic mass is 9.99. The summed E-state index contributed by atoms with van der Waals surface area (Å²) >= 11 is 0. The first-order chi connectivity index (χ1) is 11.5. The predicted molar refractivity (Wildman–Crippen MR) is 91.5 cm³/mol. The van der Waals surface area contributed by atoms with Gasteiger partial charge in [0.2, 0.25) is 10.0 Å². The van der Waals surface area contributed by atoms with Crippen molar-refractivity contribution in [3.05, 3.63) is 64.6 Å². The van der Waals surface area contributed by atoms with Crippen molar-refractivity contribution in [2.45, 2.75) is 17.2 Å². The third-order valence-corrected chi connectivity index (χ3v) is 6.41. The molecule has 0 spiro atoms. The Hall–Kier alpha value is -2.38. The van der Waals surface area contributed by atoms with E-state index in [9.17, 15) is 13.2 Å². The number of fused-ring (bicyclic) bond motifs is 1. The fraction of sp³-hybridized carbons (Fsp3) is 0.235. The number of aromatic nitrogens is 2. The van der Waals surface area contributed by atoms with Gasteiger partial charge in [0.15, 0.2) is 0 Å². The van der Waals surface area contributed by atoms with Crippen LogP contribution in [0.25, 0.3) is 11.0 Å². The summed E-state index contributed by atoms with van der Waals surface area (Å²) in [7, 11) is -3.56. The van der Waals surface area contributed by atoms with Crippen molar-refractivity contribution in [3.8, 4) is 0 Å². The van der Waals surface area contributed by atoms with Crippen LogP contribution in [0.5, 0.6) is 0 Å². The second kappa shape index (κ2) is 5.61. The zero-order valence-corrected chi connectivity index (χ0v) is 13.7. The van der Waals surface area contributed by atoms with Crippen molar-refractivity contribution >= 4 is 21.1 Å². The summed E-state index contributed by atoms with van der Waals surface area (Å²) in [5, 5.41) is 0. The first-order valence-corrected chi connectivity index (χ1v) is 9.25. The van der Waals surface area contributed by atoms with Crippen molar-refractivity contribution in [2.75, 3.05) is 13.1 Å². The van der Waals surface area contributed by atoms with E-state index >= 15 is 0 Å².